The molecule has 0 saturated carbocycles. The Morgan fingerprint density at radius 3 is 2.43 bits per heavy atom. The van der Waals surface area contributed by atoms with Crippen LogP contribution in [0.1, 0.15) is 29.3 Å². The lowest BCUT2D eigenvalue weighted by Gasteiger charge is -2.34. The summed E-state index contributed by atoms with van der Waals surface area (Å²) in [6.45, 7) is 5.74. The molecule has 30 heavy (non-hydrogen) atoms. The fourth-order valence-corrected chi connectivity index (χ4v) is 4.09. The minimum atomic E-state index is 0.0307. The van der Waals surface area contributed by atoms with Crippen LogP contribution in [0.2, 0.25) is 0 Å². The van der Waals surface area contributed by atoms with Crippen molar-refractivity contribution in [3.63, 3.8) is 0 Å². The molecule has 0 aromatic carbocycles. The first-order valence-electron chi connectivity index (χ1n) is 9.83. The average Bonchev–Trinajstić information content (AvgIpc) is 3.50. The van der Waals surface area contributed by atoms with Crippen LogP contribution in [-0.4, -0.2) is 63.1 Å². The summed E-state index contributed by atoms with van der Waals surface area (Å²) in [5.74, 6) is 1.74. The number of carbonyl (C=O) groups is 2. The van der Waals surface area contributed by atoms with Gasteiger partial charge in [0.1, 0.15) is 5.76 Å². The number of aryl methyl sites for hydroxylation is 3. The number of thiophene rings is 1. The van der Waals surface area contributed by atoms with Gasteiger partial charge in [-0.1, -0.05) is 10.3 Å². The minimum absolute atomic E-state index is 0.0307. The molecule has 0 unspecified atom stereocenters. The molecule has 0 spiro atoms. The van der Waals surface area contributed by atoms with Crippen molar-refractivity contribution in [2.24, 2.45) is 0 Å². The van der Waals surface area contributed by atoms with E-state index in [4.69, 9.17) is 9.05 Å². The van der Waals surface area contributed by atoms with Crippen molar-refractivity contribution in [3.05, 3.63) is 39.7 Å². The molecule has 1 fully saturated rings. The highest BCUT2D eigenvalue weighted by Crippen LogP contribution is 2.19. The molecule has 0 N–H and O–H groups in total. The molecule has 158 valence electrons. The molecule has 1 saturated heterocycles. The highest BCUT2D eigenvalue weighted by molar-refractivity contribution is 7.08. The first-order chi connectivity index (χ1) is 14.5. The van der Waals surface area contributed by atoms with E-state index in [9.17, 15) is 9.59 Å². The van der Waals surface area contributed by atoms with E-state index < -0.39 is 0 Å². The Bertz CT molecular complexity index is 999. The molecule has 3 aromatic rings. The van der Waals surface area contributed by atoms with Gasteiger partial charge in [0, 0.05) is 55.5 Å². The van der Waals surface area contributed by atoms with Gasteiger partial charge in [0.2, 0.25) is 23.5 Å². The number of carbonyl (C=O) groups excluding carboxylic acids is 2. The summed E-state index contributed by atoms with van der Waals surface area (Å²) in [5.41, 5.74) is 2.51. The number of amides is 2. The maximum atomic E-state index is 12.6. The van der Waals surface area contributed by atoms with Crippen LogP contribution < -0.4 is 0 Å². The second kappa shape index (κ2) is 8.78. The molecule has 2 amide bonds. The Kier molecular flexibility index (Phi) is 5.93. The molecule has 1 aliphatic heterocycles. The molecular formula is C20H23N5O4S. The molecule has 0 atom stereocenters. The predicted octanol–water partition coefficient (Wildman–Crippen LogP) is 2.25. The van der Waals surface area contributed by atoms with Gasteiger partial charge in [0.25, 0.3) is 0 Å². The molecule has 1 aliphatic rings. The summed E-state index contributed by atoms with van der Waals surface area (Å²) in [4.78, 5) is 33.1. The van der Waals surface area contributed by atoms with E-state index in [1.165, 1.54) is 0 Å². The lowest BCUT2D eigenvalue weighted by molar-refractivity contribution is -0.139. The van der Waals surface area contributed by atoms with Gasteiger partial charge in [-0.2, -0.15) is 16.3 Å². The van der Waals surface area contributed by atoms with Gasteiger partial charge in [0.05, 0.1) is 12.1 Å². The number of rotatable bonds is 6. The number of nitrogens with zero attached hydrogens (tertiary/aromatic N) is 5. The summed E-state index contributed by atoms with van der Waals surface area (Å²) >= 11 is 1.57. The summed E-state index contributed by atoms with van der Waals surface area (Å²) in [5, 5.41) is 11.8. The van der Waals surface area contributed by atoms with Gasteiger partial charge < -0.3 is 18.8 Å². The van der Waals surface area contributed by atoms with E-state index in [1.54, 1.807) is 21.1 Å². The summed E-state index contributed by atoms with van der Waals surface area (Å²) in [7, 11) is 0. The average molecular weight is 430 g/mol. The Hall–Kier alpha value is -3.01. The zero-order chi connectivity index (χ0) is 21.1. The summed E-state index contributed by atoms with van der Waals surface area (Å²) < 4.78 is 10.4. The van der Waals surface area contributed by atoms with Crippen molar-refractivity contribution >= 4 is 23.2 Å². The van der Waals surface area contributed by atoms with Crippen molar-refractivity contribution in [1.29, 1.82) is 0 Å². The molecule has 4 rings (SSSR count). The van der Waals surface area contributed by atoms with Gasteiger partial charge in [-0.3, -0.25) is 9.59 Å². The first-order valence-corrected chi connectivity index (χ1v) is 10.8. The van der Waals surface area contributed by atoms with Gasteiger partial charge in [-0.05, 0) is 25.3 Å². The quantitative estimate of drug-likeness (QED) is 0.592. The van der Waals surface area contributed by atoms with Crippen LogP contribution in [0, 0.1) is 13.8 Å². The minimum Gasteiger partial charge on any atom is -0.361 e. The van der Waals surface area contributed by atoms with Crippen molar-refractivity contribution in [3.8, 4) is 11.4 Å². The molecule has 9 nitrogen and oxygen atoms in total. The van der Waals surface area contributed by atoms with Crippen LogP contribution in [0.4, 0.5) is 0 Å². The third-order valence-corrected chi connectivity index (χ3v) is 5.98. The molecule has 4 heterocycles. The molecule has 0 aliphatic carbocycles. The lowest BCUT2D eigenvalue weighted by atomic mass is 10.1. The fraction of sp³-hybridized carbons (Fsp3) is 0.450. The monoisotopic (exact) mass is 429 g/mol. The zero-order valence-corrected chi connectivity index (χ0v) is 17.8. The van der Waals surface area contributed by atoms with E-state index in [-0.39, 0.29) is 18.2 Å². The van der Waals surface area contributed by atoms with Crippen LogP contribution in [0.3, 0.4) is 0 Å². The van der Waals surface area contributed by atoms with Gasteiger partial charge in [-0.25, -0.2) is 0 Å². The van der Waals surface area contributed by atoms with Crippen LogP contribution in [0.5, 0.6) is 0 Å². The number of hydrogen-bond acceptors (Lipinski definition) is 8. The SMILES string of the molecule is Cc1noc(C)c1CC(=O)N1CCN(C(=O)CCc2nc(-c3ccsc3)no2)CC1. The summed E-state index contributed by atoms with van der Waals surface area (Å²) in [6.07, 6.45) is 0.984. The summed E-state index contributed by atoms with van der Waals surface area (Å²) in [6, 6.07) is 1.93. The smallest absolute Gasteiger partial charge is 0.227 e. The van der Waals surface area contributed by atoms with Gasteiger partial charge in [0.15, 0.2) is 0 Å². The Labute approximate surface area is 177 Å². The normalized spacial score (nSPS) is 14.3. The predicted molar refractivity (Wildman–Crippen MR) is 109 cm³/mol. The first kappa shape index (κ1) is 20.3. The highest BCUT2D eigenvalue weighted by atomic mass is 32.1. The number of hydrogen-bond donors (Lipinski definition) is 0. The maximum Gasteiger partial charge on any atom is 0.227 e. The Morgan fingerprint density at radius 2 is 1.80 bits per heavy atom. The highest BCUT2D eigenvalue weighted by Gasteiger charge is 2.25. The zero-order valence-electron chi connectivity index (χ0n) is 17.0. The van der Waals surface area contributed by atoms with Crippen molar-refractivity contribution in [1.82, 2.24) is 25.1 Å². The van der Waals surface area contributed by atoms with E-state index in [0.29, 0.717) is 56.5 Å². The second-order valence-corrected chi connectivity index (χ2v) is 8.04. The molecule has 3 aromatic heterocycles. The topological polar surface area (TPSA) is 106 Å². The Morgan fingerprint density at radius 1 is 1.07 bits per heavy atom. The maximum absolute atomic E-state index is 12.6. The largest absolute Gasteiger partial charge is 0.361 e. The van der Waals surface area contributed by atoms with Crippen LogP contribution >= 0.6 is 11.3 Å². The van der Waals surface area contributed by atoms with Crippen molar-refractivity contribution < 1.29 is 18.6 Å². The molecular weight excluding hydrogens is 406 g/mol. The van der Waals surface area contributed by atoms with Crippen molar-refractivity contribution in [2.75, 3.05) is 26.2 Å². The van der Waals surface area contributed by atoms with E-state index in [1.807, 2.05) is 30.7 Å². The fourth-order valence-electron chi connectivity index (χ4n) is 3.46. The Balaban J connectivity index is 1.24. The van der Waals surface area contributed by atoms with E-state index in [0.717, 1.165) is 16.8 Å². The standard InChI is InChI=1S/C20H23N5O4S/c1-13-16(14(2)28-22-13)11-19(27)25-8-6-24(7-9-25)18(26)4-3-17-21-20(23-29-17)15-5-10-30-12-15/h5,10,12H,3-4,6-9,11H2,1-2H3. The molecule has 0 radical (unpaired) electrons. The lowest BCUT2D eigenvalue weighted by Crippen LogP contribution is -2.51. The van der Waals surface area contributed by atoms with Crippen LogP contribution in [-0.2, 0) is 22.4 Å². The van der Waals surface area contributed by atoms with Crippen LogP contribution in [0.25, 0.3) is 11.4 Å². The van der Waals surface area contributed by atoms with Gasteiger partial charge >= 0.3 is 0 Å². The van der Waals surface area contributed by atoms with Gasteiger partial charge in [-0.15, -0.1) is 0 Å². The van der Waals surface area contributed by atoms with Crippen LogP contribution in [0.15, 0.2) is 25.9 Å². The third-order valence-electron chi connectivity index (χ3n) is 5.29. The third kappa shape index (κ3) is 4.43. The number of aromatic nitrogens is 3. The molecule has 10 heteroatoms. The van der Waals surface area contributed by atoms with E-state index >= 15 is 0 Å². The van der Waals surface area contributed by atoms with Crippen molar-refractivity contribution in [2.45, 2.75) is 33.1 Å². The number of piperazine rings is 1. The second-order valence-electron chi connectivity index (χ2n) is 7.26. The molecule has 0 bridgehead atoms. The van der Waals surface area contributed by atoms with E-state index in [2.05, 4.69) is 15.3 Å².